The van der Waals surface area contributed by atoms with Crippen LogP contribution < -0.4 is 5.73 Å². The fourth-order valence-electron chi connectivity index (χ4n) is 2.61. The minimum Gasteiger partial charge on any atom is -0.326 e. The summed E-state index contributed by atoms with van der Waals surface area (Å²) >= 11 is 0. The molecule has 1 aromatic rings. The van der Waals surface area contributed by atoms with Crippen LogP contribution in [0.2, 0.25) is 0 Å². The lowest BCUT2D eigenvalue weighted by molar-refractivity contribution is 0.595. The van der Waals surface area contributed by atoms with Gasteiger partial charge in [0, 0.05) is 6.54 Å². The molecule has 1 saturated carbocycles. The van der Waals surface area contributed by atoms with Crippen LogP contribution in [-0.4, -0.2) is 0 Å². The second-order valence-corrected chi connectivity index (χ2v) is 4.52. The quantitative estimate of drug-likeness (QED) is 0.760. The lowest BCUT2D eigenvalue weighted by atomic mass is 9.92. The van der Waals surface area contributed by atoms with Crippen molar-refractivity contribution in [3.05, 3.63) is 35.4 Å². The number of hydrogen-bond acceptors (Lipinski definition) is 1. The first-order chi connectivity index (χ1) is 6.81. The lowest BCUT2D eigenvalue weighted by Gasteiger charge is -2.14. The van der Waals surface area contributed by atoms with Crippen molar-refractivity contribution in [2.45, 2.75) is 38.6 Å². The second kappa shape index (κ2) is 4.14. The van der Waals surface area contributed by atoms with Crippen molar-refractivity contribution < 1.29 is 0 Å². The van der Waals surface area contributed by atoms with E-state index in [9.17, 15) is 0 Å². The largest absolute Gasteiger partial charge is 0.326 e. The number of hydrogen-bond donors (Lipinski definition) is 1. The summed E-state index contributed by atoms with van der Waals surface area (Å²) in [5, 5.41) is 0. The Morgan fingerprint density at radius 2 is 2.07 bits per heavy atom. The predicted octanol–water partition coefficient (Wildman–Crippen LogP) is 3.05. The van der Waals surface area contributed by atoms with Crippen LogP contribution in [0.1, 0.15) is 43.2 Å². The van der Waals surface area contributed by atoms with Crippen molar-refractivity contribution in [2.75, 3.05) is 0 Å². The standard InChI is InChI=1S/C13H19N/c1-10-6-7-11(8-10)13-5-3-2-4-12(13)9-14/h2-5,10-11H,6-9,14H2,1H3. The minimum atomic E-state index is 0.682. The summed E-state index contributed by atoms with van der Waals surface area (Å²) in [6.45, 7) is 3.03. The molecule has 0 aliphatic heterocycles. The monoisotopic (exact) mass is 189 g/mol. The molecule has 2 N–H and O–H groups in total. The maximum Gasteiger partial charge on any atom is 0.0180 e. The van der Waals surface area contributed by atoms with Crippen LogP contribution in [0.4, 0.5) is 0 Å². The third-order valence-corrected chi connectivity index (χ3v) is 3.41. The summed E-state index contributed by atoms with van der Waals surface area (Å²) in [4.78, 5) is 0. The highest BCUT2D eigenvalue weighted by Gasteiger charge is 2.23. The zero-order chi connectivity index (χ0) is 9.97. The lowest BCUT2D eigenvalue weighted by Crippen LogP contribution is -2.04. The molecule has 0 bridgehead atoms. The molecule has 1 aliphatic carbocycles. The molecule has 1 fully saturated rings. The maximum atomic E-state index is 5.75. The van der Waals surface area contributed by atoms with Crippen LogP contribution in [0.3, 0.4) is 0 Å². The molecular weight excluding hydrogens is 170 g/mol. The Labute approximate surface area is 86.3 Å². The van der Waals surface area contributed by atoms with Crippen LogP contribution in [0.5, 0.6) is 0 Å². The zero-order valence-electron chi connectivity index (χ0n) is 8.87. The van der Waals surface area contributed by atoms with E-state index in [2.05, 4.69) is 31.2 Å². The molecule has 1 aromatic carbocycles. The average Bonchev–Trinajstić information content (AvgIpc) is 2.65. The fraction of sp³-hybridized carbons (Fsp3) is 0.538. The predicted molar refractivity (Wildman–Crippen MR) is 60.1 cm³/mol. The number of rotatable bonds is 2. The van der Waals surface area contributed by atoms with Gasteiger partial charge in [0.1, 0.15) is 0 Å². The smallest absolute Gasteiger partial charge is 0.0180 e. The van der Waals surface area contributed by atoms with E-state index >= 15 is 0 Å². The maximum absolute atomic E-state index is 5.75. The van der Waals surface area contributed by atoms with E-state index in [0.717, 1.165) is 11.8 Å². The van der Waals surface area contributed by atoms with Crippen molar-refractivity contribution in [1.29, 1.82) is 0 Å². The molecule has 1 nitrogen and oxygen atoms in total. The van der Waals surface area contributed by atoms with Crippen LogP contribution in [-0.2, 0) is 6.54 Å². The molecule has 76 valence electrons. The Hall–Kier alpha value is -0.820. The Kier molecular flexibility index (Phi) is 2.87. The Balaban J connectivity index is 2.22. The normalized spacial score (nSPS) is 26.7. The van der Waals surface area contributed by atoms with Crippen LogP contribution in [0, 0.1) is 5.92 Å². The first-order valence-electron chi connectivity index (χ1n) is 5.59. The van der Waals surface area contributed by atoms with Crippen molar-refractivity contribution in [1.82, 2.24) is 0 Å². The molecule has 0 aromatic heterocycles. The molecule has 0 heterocycles. The highest BCUT2D eigenvalue weighted by atomic mass is 14.5. The van der Waals surface area contributed by atoms with Gasteiger partial charge in [-0.15, -0.1) is 0 Å². The summed E-state index contributed by atoms with van der Waals surface area (Å²) in [6, 6.07) is 8.64. The van der Waals surface area contributed by atoms with E-state index in [0.29, 0.717) is 6.54 Å². The molecule has 0 spiro atoms. The fourth-order valence-corrected chi connectivity index (χ4v) is 2.61. The Bertz CT molecular complexity index is 306. The van der Waals surface area contributed by atoms with Crippen molar-refractivity contribution in [2.24, 2.45) is 11.7 Å². The van der Waals surface area contributed by atoms with Gasteiger partial charge in [-0.25, -0.2) is 0 Å². The van der Waals surface area contributed by atoms with E-state index in [1.165, 1.54) is 30.4 Å². The van der Waals surface area contributed by atoms with Gasteiger partial charge in [0.2, 0.25) is 0 Å². The molecule has 2 atom stereocenters. The first kappa shape index (κ1) is 9.72. The highest BCUT2D eigenvalue weighted by Crippen LogP contribution is 2.38. The van der Waals surface area contributed by atoms with Gasteiger partial charge in [0.25, 0.3) is 0 Å². The van der Waals surface area contributed by atoms with E-state index in [1.807, 2.05) is 0 Å². The van der Waals surface area contributed by atoms with Gasteiger partial charge in [0.15, 0.2) is 0 Å². The summed E-state index contributed by atoms with van der Waals surface area (Å²) in [6.07, 6.45) is 4.07. The van der Waals surface area contributed by atoms with Crippen molar-refractivity contribution in [3.63, 3.8) is 0 Å². The Morgan fingerprint density at radius 3 is 2.71 bits per heavy atom. The van der Waals surface area contributed by atoms with Crippen LogP contribution in [0.25, 0.3) is 0 Å². The van der Waals surface area contributed by atoms with E-state index in [1.54, 1.807) is 0 Å². The van der Waals surface area contributed by atoms with Crippen molar-refractivity contribution >= 4 is 0 Å². The van der Waals surface area contributed by atoms with Gasteiger partial charge < -0.3 is 5.73 Å². The molecule has 1 heteroatoms. The number of nitrogens with two attached hydrogens (primary N) is 1. The Morgan fingerprint density at radius 1 is 1.29 bits per heavy atom. The van der Waals surface area contributed by atoms with Gasteiger partial charge in [-0.1, -0.05) is 37.6 Å². The van der Waals surface area contributed by atoms with Gasteiger partial charge in [-0.05, 0) is 35.8 Å². The summed E-state index contributed by atoms with van der Waals surface area (Å²) in [5.74, 6) is 1.66. The van der Waals surface area contributed by atoms with Gasteiger partial charge >= 0.3 is 0 Å². The summed E-state index contributed by atoms with van der Waals surface area (Å²) in [7, 11) is 0. The van der Waals surface area contributed by atoms with Crippen LogP contribution >= 0.6 is 0 Å². The average molecular weight is 189 g/mol. The summed E-state index contributed by atoms with van der Waals surface area (Å²) < 4.78 is 0. The molecule has 14 heavy (non-hydrogen) atoms. The molecular formula is C13H19N. The molecule has 0 radical (unpaired) electrons. The van der Waals surface area contributed by atoms with Crippen molar-refractivity contribution in [3.8, 4) is 0 Å². The molecule has 2 rings (SSSR count). The first-order valence-corrected chi connectivity index (χ1v) is 5.59. The minimum absolute atomic E-state index is 0.682. The molecule has 0 amide bonds. The topological polar surface area (TPSA) is 26.0 Å². The third kappa shape index (κ3) is 1.83. The molecule has 1 aliphatic rings. The molecule has 0 saturated heterocycles. The van der Waals surface area contributed by atoms with Crippen LogP contribution in [0.15, 0.2) is 24.3 Å². The van der Waals surface area contributed by atoms with E-state index < -0.39 is 0 Å². The van der Waals surface area contributed by atoms with Gasteiger partial charge in [-0.3, -0.25) is 0 Å². The zero-order valence-corrected chi connectivity index (χ0v) is 8.87. The third-order valence-electron chi connectivity index (χ3n) is 3.41. The van der Waals surface area contributed by atoms with E-state index in [4.69, 9.17) is 5.73 Å². The van der Waals surface area contributed by atoms with Gasteiger partial charge in [-0.2, -0.15) is 0 Å². The SMILES string of the molecule is CC1CCC(c2ccccc2CN)C1. The number of benzene rings is 1. The van der Waals surface area contributed by atoms with Gasteiger partial charge in [0.05, 0.1) is 0 Å². The highest BCUT2D eigenvalue weighted by molar-refractivity contribution is 5.30. The summed E-state index contributed by atoms with van der Waals surface area (Å²) in [5.41, 5.74) is 8.59. The second-order valence-electron chi connectivity index (χ2n) is 4.52. The van der Waals surface area contributed by atoms with E-state index in [-0.39, 0.29) is 0 Å². The molecule has 2 unspecified atom stereocenters.